The molecule has 3 heterocycles. The number of nitrogens with zero attached hydrogens (tertiary/aromatic N) is 5. The molecule has 2 aromatic heterocycles. The molecule has 33 heavy (non-hydrogen) atoms. The lowest BCUT2D eigenvalue weighted by atomic mass is 9.52. The second-order valence-corrected chi connectivity index (χ2v) is 10.9. The van der Waals surface area contributed by atoms with Crippen molar-refractivity contribution >= 4 is 17.6 Å². The summed E-state index contributed by atoms with van der Waals surface area (Å²) in [7, 11) is 0. The van der Waals surface area contributed by atoms with Crippen molar-refractivity contribution in [2.75, 3.05) is 29.4 Å². The lowest BCUT2D eigenvalue weighted by molar-refractivity contribution is 0.0492. The van der Waals surface area contributed by atoms with Crippen LogP contribution in [0.4, 0.5) is 11.6 Å². The first-order valence-corrected chi connectivity index (χ1v) is 12.0. The molecule has 0 aromatic carbocycles. The van der Waals surface area contributed by atoms with Crippen molar-refractivity contribution < 1.29 is 9.90 Å². The van der Waals surface area contributed by atoms with Crippen LogP contribution in [-0.2, 0) is 5.41 Å². The standard InChI is InChI=1S/C26H37N5O2/c1-8-26(14-25(6,7)15-26)23-19(5)27-12-21(29-23)31-10-9-30(13-17(31)3)20-11-16(2)22(24(32)33)18(4)28-20/h11-12,17H,8-10,13-15H2,1-7H3,(H,32,33). The van der Waals surface area contributed by atoms with Gasteiger partial charge in [0, 0.05) is 31.1 Å². The summed E-state index contributed by atoms with van der Waals surface area (Å²) in [5, 5.41) is 9.44. The first-order valence-electron chi connectivity index (χ1n) is 12.0. The summed E-state index contributed by atoms with van der Waals surface area (Å²) in [6.45, 7) is 17.3. The molecular weight excluding hydrogens is 414 g/mol. The Hall–Kier alpha value is -2.70. The fourth-order valence-electron chi connectivity index (χ4n) is 6.25. The molecule has 2 fully saturated rings. The van der Waals surface area contributed by atoms with E-state index in [0.717, 1.165) is 61.8 Å². The lowest BCUT2D eigenvalue weighted by Gasteiger charge is -2.53. The normalized spacial score (nSPS) is 21.6. The minimum Gasteiger partial charge on any atom is -0.478 e. The van der Waals surface area contributed by atoms with Crippen molar-refractivity contribution in [2.45, 2.75) is 79.2 Å². The van der Waals surface area contributed by atoms with Crippen LogP contribution in [0.3, 0.4) is 0 Å². The minimum atomic E-state index is -0.921. The maximum absolute atomic E-state index is 11.5. The number of rotatable bonds is 5. The molecule has 0 spiro atoms. The van der Waals surface area contributed by atoms with Crippen molar-refractivity contribution in [2.24, 2.45) is 5.41 Å². The quantitative estimate of drug-likeness (QED) is 0.707. The van der Waals surface area contributed by atoms with Crippen LogP contribution in [0.2, 0.25) is 0 Å². The number of aryl methyl sites for hydroxylation is 3. The summed E-state index contributed by atoms with van der Waals surface area (Å²) in [5.74, 6) is 0.885. The number of hydrogen-bond donors (Lipinski definition) is 1. The molecule has 2 aliphatic rings. The van der Waals surface area contributed by atoms with E-state index in [2.05, 4.69) is 49.4 Å². The Balaban J connectivity index is 1.55. The third kappa shape index (κ3) is 4.18. The molecule has 4 rings (SSSR count). The molecule has 2 aromatic rings. The number of carboxylic acid groups (broad SMARTS) is 1. The van der Waals surface area contributed by atoms with Crippen LogP contribution in [0, 0.1) is 26.2 Å². The van der Waals surface area contributed by atoms with Crippen molar-refractivity contribution in [1.29, 1.82) is 0 Å². The molecule has 1 unspecified atom stereocenters. The summed E-state index contributed by atoms with van der Waals surface area (Å²) in [6.07, 6.45) is 5.34. The van der Waals surface area contributed by atoms with Gasteiger partial charge in [-0.1, -0.05) is 20.8 Å². The van der Waals surface area contributed by atoms with E-state index in [9.17, 15) is 9.90 Å². The van der Waals surface area contributed by atoms with Gasteiger partial charge in [-0.15, -0.1) is 0 Å². The van der Waals surface area contributed by atoms with E-state index in [1.165, 1.54) is 5.69 Å². The van der Waals surface area contributed by atoms with E-state index in [0.29, 0.717) is 16.7 Å². The van der Waals surface area contributed by atoms with E-state index in [4.69, 9.17) is 9.97 Å². The van der Waals surface area contributed by atoms with Gasteiger partial charge in [0.15, 0.2) is 0 Å². The fraction of sp³-hybridized carbons (Fsp3) is 0.615. The third-order valence-corrected chi connectivity index (χ3v) is 7.60. The van der Waals surface area contributed by atoms with E-state index >= 15 is 0 Å². The molecule has 1 atom stereocenters. The van der Waals surface area contributed by atoms with Gasteiger partial charge in [0.1, 0.15) is 11.6 Å². The number of carboxylic acids is 1. The Morgan fingerprint density at radius 2 is 1.82 bits per heavy atom. The van der Waals surface area contributed by atoms with Gasteiger partial charge in [-0.3, -0.25) is 4.98 Å². The number of pyridine rings is 1. The molecule has 1 aliphatic carbocycles. The maximum Gasteiger partial charge on any atom is 0.337 e. The van der Waals surface area contributed by atoms with Crippen molar-refractivity contribution in [3.8, 4) is 0 Å². The molecule has 7 nitrogen and oxygen atoms in total. The highest BCUT2D eigenvalue weighted by molar-refractivity contribution is 5.90. The van der Waals surface area contributed by atoms with Crippen LogP contribution in [0.1, 0.15) is 80.0 Å². The van der Waals surface area contributed by atoms with Gasteiger partial charge in [-0.05, 0) is 64.0 Å². The Morgan fingerprint density at radius 1 is 1.12 bits per heavy atom. The van der Waals surface area contributed by atoms with Crippen LogP contribution in [0.25, 0.3) is 0 Å². The fourth-order valence-corrected chi connectivity index (χ4v) is 6.25. The molecule has 0 radical (unpaired) electrons. The third-order valence-electron chi connectivity index (χ3n) is 7.60. The molecule has 0 bridgehead atoms. The summed E-state index contributed by atoms with van der Waals surface area (Å²) in [5.41, 5.74) is 4.37. The van der Waals surface area contributed by atoms with E-state index < -0.39 is 5.97 Å². The maximum atomic E-state index is 11.5. The molecule has 1 N–H and O–H groups in total. The smallest absolute Gasteiger partial charge is 0.337 e. The van der Waals surface area contributed by atoms with Crippen LogP contribution in [0.15, 0.2) is 12.3 Å². The first kappa shape index (κ1) is 23.5. The Kier molecular flexibility index (Phi) is 5.87. The molecule has 1 aliphatic heterocycles. The van der Waals surface area contributed by atoms with E-state index in [1.807, 2.05) is 19.2 Å². The molecule has 0 amide bonds. The number of aromatic carboxylic acids is 1. The molecular formula is C26H37N5O2. The van der Waals surface area contributed by atoms with Gasteiger partial charge in [0.25, 0.3) is 0 Å². The molecule has 1 saturated carbocycles. The highest BCUT2D eigenvalue weighted by Crippen LogP contribution is 2.57. The number of aromatic nitrogens is 3. The van der Waals surface area contributed by atoms with Crippen molar-refractivity contribution in [3.05, 3.63) is 40.5 Å². The van der Waals surface area contributed by atoms with E-state index in [-0.39, 0.29) is 11.5 Å². The van der Waals surface area contributed by atoms with Crippen molar-refractivity contribution in [1.82, 2.24) is 15.0 Å². The largest absolute Gasteiger partial charge is 0.478 e. The molecule has 178 valence electrons. The number of carbonyl (C=O) groups is 1. The second-order valence-electron chi connectivity index (χ2n) is 10.9. The highest BCUT2D eigenvalue weighted by Gasteiger charge is 2.50. The Morgan fingerprint density at radius 3 is 2.36 bits per heavy atom. The molecule has 7 heteroatoms. The van der Waals surface area contributed by atoms with E-state index in [1.54, 1.807) is 6.92 Å². The summed E-state index contributed by atoms with van der Waals surface area (Å²) in [6, 6.07) is 2.13. The van der Waals surface area contributed by atoms with Crippen LogP contribution >= 0.6 is 0 Å². The molecule has 1 saturated heterocycles. The number of hydrogen-bond acceptors (Lipinski definition) is 6. The number of anilines is 2. The van der Waals surface area contributed by atoms with Gasteiger partial charge in [-0.25, -0.2) is 14.8 Å². The van der Waals surface area contributed by atoms with Gasteiger partial charge in [0.2, 0.25) is 0 Å². The number of piperazine rings is 1. The Labute approximate surface area is 197 Å². The van der Waals surface area contributed by atoms with Gasteiger partial charge in [-0.2, -0.15) is 0 Å². The average Bonchev–Trinajstić information content (AvgIpc) is 2.71. The summed E-state index contributed by atoms with van der Waals surface area (Å²) >= 11 is 0. The average molecular weight is 452 g/mol. The predicted octanol–water partition coefficient (Wildman–Crippen LogP) is 4.68. The predicted molar refractivity (Wildman–Crippen MR) is 131 cm³/mol. The zero-order chi connectivity index (χ0) is 24.1. The monoisotopic (exact) mass is 451 g/mol. The first-order chi connectivity index (χ1) is 15.5. The van der Waals surface area contributed by atoms with Gasteiger partial charge < -0.3 is 14.9 Å². The lowest BCUT2D eigenvalue weighted by Crippen LogP contribution is -2.53. The Bertz CT molecular complexity index is 1050. The highest BCUT2D eigenvalue weighted by atomic mass is 16.4. The van der Waals surface area contributed by atoms with Crippen LogP contribution < -0.4 is 9.80 Å². The van der Waals surface area contributed by atoms with Gasteiger partial charge >= 0.3 is 5.97 Å². The zero-order valence-corrected chi connectivity index (χ0v) is 21.1. The van der Waals surface area contributed by atoms with Crippen molar-refractivity contribution in [3.63, 3.8) is 0 Å². The SMILES string of the molecule is CCC1(c2nc(N3CCN(c4cc(C)c(C(=O)O)c(C)n4)CC3C)cnc2C)CC(C)(C)C1. The topological polar surface area (TPSA) is 82.5 Å². The van der Waals surface area contributed by atoms with Gasteiger partial charge in [0.05, 0.1) is 28.8 Å². The van der Waals surface area contributed by atoms with Crippen LogP contribution in [0.5, 0.6) is 0 Å². The summed E-state index contributed by atoms with van der Waals surface area (Å²) in [4.78, 5) is 30.7. The summed E-state index contributed by atoms with van der Waals surface area (Å²) < 4.78 is 0. The minimum absolute atomic E-state index is 0.145. The zero-order valence-electron chi connectivity index (χ0n) is 21.1. The second kappa shape index (κ2) is 8.26. The van der Waals surface area contributed by atoms with Crippen LogP contribution in [-0.4, -0.2) is 51.7 Å².